The molecule has 2 heteroatoms. The van der Waals surface area contributed by atoms with Gasteiger partial charge in [-0.3, -0.25) is 0 Å². The van der Waals surface area contributed by atoms with Crippen molar-refractivity contribution >= 4 is 11.8 Å². The molecule has 0 heterocycles. The van der Waals surface area contributed by atoms with Crippen LogP contribution in [0.3, 0.4) is 0 Å². The molecule has 0 aromatic rings. The van der Waals surface area contributed by atoms with Crippen LogP contribution in [-0.2, 0) is 0 Å². The Bertz CT molecular complexity index is 158. The predicted octanol–water partition coefficient (Wildman–Crippen LogP) is 3.42. The summed E-state index contributed by atoms with van der Waals surface area (Å²) in [5.74, 6) is 0.955. The van der Waals surface area contributed by atoms with Crippen LogP contribution in [0, 0.1) is 5.92 Å². The minimum atomic E-state index is 0.454. The minimum Gasteiger partial charge on any atom is -0.327 e. The number of rotatable bonds is 4. The molecule has 0 spiro atoms. The van der Waals surface area contributed by atoms with Gasteiger partial charge in [0.25, 0.3) is 0 Å². The van der Waals surface area contributed by atoms with Crippen LogP contribution in [-0.4, -0.2) is 16.5 Å². The third kappa shape index (κ3) is 3.82. The van der Waals surface area contributed by atoms with Gasteiger partial charge in [0.15, 0.2) is 0 Å². The number of hydrogen-bond acceptors (Lipinski definition) is 2. The summed E-state index contributed by atoms with van der Waals surface area (Å²) < 4.78 is 0. The first kappa shape index (κ1) is 12.4. The molecule has 3 atom stereocenters. The summed E-state index contributed by atoms with van der Waals surface area (Å²) in [5.41, 5.74) is 6.16. The van der Waals surface area contributed by atoms with Gasteiger partial charge >= 0.3 is 0 Å². The van der Waals surface area contributed by atoms with Crippen molar-refractivity contribution in [1.82, 2.24) is 0 Å². The molecule has 0 radical (unpaired) electrons. The van der Waals surface area contributed by atoms with Gasteiger partial charge in [0.1, 0.15) is 0 Å². The summed E-state index contributed by atoms with van der Waals surface area (Å²) in [4.78, 5) is 0. The Kier molecular flexibility index (Phi) is 5.32. The average Bonchev–Trinajstić information content (AvgIpc) is 2.10. The average molecular weight is 215 g/mol. The smallest absolute Gasteiger partial charge is 0.0204 e. The molecular weight excluding hydrogens is 190 g/mol. The van der Waals surface area contributed by atoms with E-state index in [9.17, 15) is 0 Å². The standard InChI is InChI=1S/C12H25NS/c1-4-5-10-6-7-11(13)12(8-10)14-9(2)3/h9-12H,4-8,13H2,1-3H3. The first-order valence-electron chi connectivity index (χ1n) is 6.04. The zero-order chi connectivity index (χ0) is 10.6. The highest BCUT2D eigenvalue weighted by molar-refractivity contribution is 8.00. The van der Waals surface area contributed by atoms with E-state index >= 15 is 0 Å². The van der Waals surface area contributed by atoms with Gasteiger partial charge in [-0.1, -0.05) is 33.6 Å². The van der Waals surface area contributed by atoms with Crippen molar-refractivity contribution < 1.29 is 0 Å². The Morgan fingerprint density at radius 1 is 1.36 bits per heavy atom. The van der Waals surface area contributed by atoms with Gasteiger partial charge in [-0.2, -0.15) is 11.8 Å². The van der Waals surface area contributed by atoms with Crippen LogP contribution < -0.4 is 5.73 Å². The largest absolute Gasteiger partial charge is 0.327 e. The number of nitrogens with two attached hydrogens (primary N) is 1. The fourth-order valence-corrected chi connectivity index (χ4v) is 3.83. The lowest BCUT2D eigenvalue weighted by atomic mass is 9.83. The van der Waals surface area contributed by atoms with Gasteiger partial charge < -0.3 is 5.73 Å². The molecule has 0 bridgehead atoms. The molecule has 0 saturated heterocycles. The highest BCUT2D eigenvalue weighted by atomic mass is 32.2. The normalized spacial score (nSPS) is 33.6. The van der Waals surface area contributed by atoms with Gasteiger partial charge in [0.05, 0.1) is 0 Å². The molecule has 2 N–H and O–H groups in total. The van der Waals surface area contributed by atoms with Gasteiger partial charge in [-0.25, -0.2) is 0 Å². The molecule has 1 rings (SSSR count). The zero-order valence-electron chi connectivity index (χ0n) is 9.83. The van der Waals surface area contributed by atoms with E-state index in [1.165, 1.54) is 32.1 Å². The maximum Gasteiger partial charge on any atom is 0.0204 e. The topological polar surface area (TPSA) is 26.0 Å². The van der Waals surface area contributed by atoms with Gasteiger partial charge in [-0.05, 0) is 30.4 Å². The molecule has 84 valence electrons. The van der Waals surface area contributed by atoms with Crippen molar-refractivity contribution in [1.29, 1.82) is 0 Å². The lowest BCUT2D eigenvalue weighted by Crippen LogP contribution is -2.39. The van der Waals surface area contributed by atoms with Crippen LogP contribution >= 0.6 is 11.8 Å². The Morgan fingerprint density at radius 2 is 2.07 bits per heavy atom. The van der Waals surface area contributed by atoms with E-state index in [0.717, 1.165) is 16.4 Å². The van der Waals surface area contributed by atoms with E-state index in [4.69, 9.17) is 5.73 Å². The Hall–Kier alpha value is 0.310. The first-order valence-corrected chi connectivity index (χ1v) is 6.98. The van der Waals surface area contributed by atoms with Crippen LogP contribution in [0.4, 0.5) is 0 Å². The fourth-order valence-electron chi connectivity index (χ4n) is 2.41. The Labute approximate surface area is 93.2 Å². The van der Waals surface area contributed by atoms with E-state index in [1.807, 2.05) is 0 Å². The van der Waals surface area contributed by atoms with Crippen molar-refractivity contribution in [3.05, 3.63) is 0 Å². The molecule has 0 aliphatic heterocycles. The Balaban J connectivity index is 2.38. The van der Waals surface area contributed by atoms with E-state index in [2.05, 4.69) is 32.5 Å². The van der Waals surface area contributed by atoms with E-state index in [1.54, 1.807) is 0 Å². The summed E-state index contributed by atoms with van der Waals surface area (Å²) in [7, 11) is 0. The van der Waals surface area contributed by atoms with Crippen molar-refractivity contribution in [2.24, 2.45) is 11.7 Å². The molecule has 1 aliphatic rings. The third-order valence-corrected chi connectivity index (χ3v) is 4.53. The second-order valence-corrected chi connectivity index (χ2v) is 6.68. The predicted molar refractivity (Wildman–Crippen MR) is 66.7 cm³/mol. The van der Waals surface area contributed by atoms with Crippen molar-refractivity contribution in [3.63, 3.8) is 0 Å². The number of thioether (sulfide) groups is 1. The van der Waals surface area contributed by atoms with Gasteiger partial charge in [0, 0.05) is 11.3 Å². The summed E-state index contributed by atoms with van der Waals surface area (Å²) >= 11 is 2.09. The first-order chi connectivity index (χ1) is 6.63. The van der Waals surface area contributed by atoms with Crippen molar-refractivity contribution in [2.75, 3.05) is 0 Å². The highest BCUT2D eigenvalue weighted by Crippen LogP contribution is 2.35. The van der Waals surface area contributed by atoms with Crippen molar-refractivity contribution in [3.8, 4) is 0 Å². The molecule has 14 heavy (non-hydrogen) atoms. The van der Waals surface area contributed by atoms with Crippen molar-refractivity contribution in [2.45, 2.75) is 69.4 Å². The molecule has 1 saturated carbocycles. The SMILES string of the molecule is CCCC1CCC(N)C(SC(C)C)C1. The lowest BCUT2D eigenvalue weighted by Gasteiger charge is -2.34. The van der Waals surface area contributed by atoms with E-state index in [0.29, 0.717) is 6.04 Å². The lowest BCUT2D eigenvalue weighted by molar-refractivity contribution is 0.316. The van der Waals surface area contributed by atoms with Crippen LogP contribution in [0.25, 0.3) is 0 Å². The summed E-state index contributed by atoms with van der Waals surface area (Å²) in [6.07, 6.45) is 6.71. The molecule has 0 aromatic carbocycles. The molecule has 3 unspecified atom stereocenters. The van der Waals surface area contributed by atoms with Crippen LogP contribution in [0.5, 0.6) is 0 Å². The maximum atomic E-state index is 6.16. The second-order valence-electron chi connectivity index (χ2n) is 4.85. The molecular formula is C12H25NS. The van der Waals surface area contributed by atoms with E-state index in [-0.39, 0.29) is 0 Å². The summed E-state index contributed by atoms with van der Waals surface area (Å²) in [6.45, 7) is 6.85. The van der Waals surface area contributed by atoms with Crippen LogP contribution in [0.1, 0.15) is 52.9 Å². The van der Waals surface area contributed by atoms with E-state index < -0.39 is 0 Å². The fraction of sp³-hybridized carbons (Fsp3) is 1.00. The zero-order valence-corrected chi connectivity index (χ0v) is 10.6. The molecule has 0 aromatic heterocycles. The third-order valence-electron chi connectivity index (χ3n) is 3.10. The maximum absolute atomic E-state index is 6.16. The second kappa shape index (κ2) is 6.02. The molecule has 1 fully saturated rings. The molecule has 0 amide bonds. The Morgan fingerprint density at radius 3 is 2.64 bits per heavy atom. The van der Waals surface area contributed by atoms with Gasteiger partial charge in [0.2, 0.25) is 0 Å². The minimum absolute atomic E-state index is 0.454. The highest BCUT2D eigenvalue weighted by Gasteiger charge is 2.28. The molecule has 1 aliphatic carbocycles. The number of hydrogen-bond donors (Lipinski definition) is 1. The quantitative estimate of drug-likeness (QED) is 0.777. The monoisotopic (exact) mass is 215 g/mol. The summed E-state index contributed by atoms with van der Waals surface area (Å²) in [5, 5.41) is 1.45. The summed E-state index contributed by atoms with van der Waals surface area (Å²) in [6, 6.07) is 0.454. The van der Waals surface area contributed by atoms with Crippen LogP contribution in [0.15, 0.2) is 0 Å². The van der Waals surface area contributed by atoms with Gasteiger partial charge in [-0.15, -0.1) is 0 Å². The molecule has 1 nitrogen and oxygen atoms in total. The van der Waals surface area contributed by atoms with Crippen LogP contribution in [0.2, 0.25) is 0 Å².